The molecule has 37 heavy (non-hydrogen) atoms. The van der Waals surface area contributed by atoms with E-state index in [1.54, 1.807) is 7.11 Å². The summed E-state index contributed by atoms with van der Waals surface area (Å²) in [4.78, 5) is 26.6. The summed E-state index contributed by atoms with van der Waals surface area (Å²) in [5, 5.41) is 0. The van der Waals surface area contributed by atoms with Gasteiger partial charge in [-0.15, -0.1) is 0 Å². The van der Waals surface area contributed by atoms with Crippen LogP contribution in [0.25, 0.3) is 0 Å². The van der Waals surface area contributed by atoms with E-state index in [1.165, 1.54) is 45.6 Å². The van der Waals surface area contributed by atoms with Crippen LogP contribution in [0.2, 0.25) is 0 Å². The number of hydrogen-bond donors (Lipinski definition) is 0. The van der Waals surface area contributed by atoms with E-state index in [0.29, 0.717) is 35.0 Å². The molecule has 4 unspecified atom stereocenters. The monoisotopic (exact) mass is 516 g/mol. The summed E-state index contributed by atoms with van der Waals surface area (Å²) in [6.07, 6.45) is 10.3. The predicted molar refractivity (Wildman–Crippen MR) is 151 cm³/mol. The average Bonchev–Trinajstić information content (AvgIpc) is 2.82. The number of rotatable bonds is 14. The van der Waals surface area contributed by atoms with Crippen LogP contribution in [0.3, 0.4) is 0 Å². The molecular weight excluding hydrogens is 464 g/mol. The van der Waals surface area contributed by atoms with Crippen LogP contribution in [0.15, 0.2) is 0 Å². The summed E-state index contributed by atoms with van der Waals surface area (Å²) in [5.74, 6) is 1.70. The fourth-order valence-corrected chi connectivity index (χ4v) is 5.99. The van der Waals surface area contributed by atoms with Crippen molar-refractivity contribution in [3.05, 3.63) is 22.3 Å². The molecule has 0 aromatic heterocycles. The molecular formula is C32H52O5. The lowest BCUT2D eigenvalue weighted by Gasteiger charge is -2.41. The van der Waals surface area contributed by atoms with Crippen LogP contribution < -0.4 is 9.47 Å². The maximum Gasteiger partial charge on any atom is 0.320 e. The molecule has 0 bridgehead atoms. The third-order valence-corrected chi connectivity index (χ3v) is 8.52. The number of fused-ring (bicyclic) bond motifs is 1. The van der Waals surface area contributed by atoms with E-state index in [0.717, 1.165) is 35.8 Å². The van der Waals surface area contributed by atoms with Gasteiger partial charge in [-0.05, 0) is 69.4 Å². The van der Waals surface area contributed by atoms with Gasteiger partial charge >= 0.3 is 5.97 Å². The lowest BCUT2D eigenvalue weighted by molar-refractivity contribution is -0.151. The Bertz CT molecular complexity index is 934. The highest BCUT2D eigenvalue weighted by Gasteiger charge is 2.52. The van der Waals surface area contributed by atoms with Gasteiger partial charge in [0.15, 0.2) is 11.7 Å². The van der Waals surface area contributed by atoms with Gasteiger partial charge in [0.2, 0.25) is 0 Å². The van der Waals surface area contributed by atoms with Gasteiger partial charge in [0.25, 0.3) is 0 Å². The first-order chi connectivity index (χ1) is 17.4. The SMILES string of the molecule is COC(=O)C1C(=O)c2c(C)c(OC)c(C)c(C)c2OC1(C)CCCC(C)CCCC(C)CCCC(C)C. The topological polar surface area (TPSA) is 61.8 Å². The van der Waals surface area contributed by atoms with Crippen molar-refractivity contribution in [1.29, 1.82) is 0 Å². The van der Waals surface area contributed by atoms with Crippen molar-refractivity contribution in [3.8, 4) is 11.5 Å². The molecule has 0 radical (unpaired) electrons. The van der Waals surface area contributed by atoms with Crippen molar-refractivity contribution in [3.63, 3.8) is 0 Å². The van der Waals surface area contributed by atoms with Crippen LogP contribution in [0, 0.1) is 44.4 Å². The van der Waals surface area contributed by atoms with E-state index >= 15 is 0 Å². The zero-order valence-electron chi connectivity index (χ0n) is 25.2. The zero-order valence-corrected chi connectivity index (χ0v) is 25.2. The van der Waals surface area contributed by atoms with Crippen molar-refractivity contribution in [2.45, 2.75) is 119 Å². The van der Waals surface area contributed by atoms with Crippen molar-refractivity contribution < 1.29 is 23.8 Å². The molecule has 1 heterocycles. The van der Waals surface area contributed by atoms with Gasteiger partial charge in [-0.3, -0.25) is 9.59 Å². The predicted octanol–water partition coefficient (Wildman–Crippen LogP) is 8.18. The fourth-order valence-electron chi connectivity index (χ4n) is 5.99. The van der Waals surface area contributed by atoms with Gasteiger partial charge in [-0.2, -0.15) is 0 Å². The Hall–Kier alpha value is -2.04. The molecule has 1 aromatic carbocycles. The highest BCUT2D eigenvalue weighted by Crippen LogP contribution is 2.47. The van der Waals surface area contributed by atoms with Crippen LogP contribution in [0.5, 0.6) is 11.5 Å². The Morgan fingerprint density at radius 1 is 0.865 bits per heavy atom. The summed E-state index contributed by atoms with van der Waals surface area (Å²) in [7, 11) is 2.94. The van der Waals surface area contributed by atoms with Gasteiger partial charge in [0, 0.05) is 5.56 Å². The van der Waals surface area contributed by atoms with Crippen LogP contribution >= 0.6 is 0 Å². The van der Waals surface area contributed by atoms with E-state index in [9.17, 15) is 9.59 Å². The summed E-state index contributed by atoms with van der Waals surface area (Å²) in [6.45, 7) is 17.0. The number of ether oxygens (including phenoxy) is 3. The van der Waals surface area contributed by atoms with Crippen molar-refractivity contribution in [2.75, 3.05) is 14.2 Å². The molecule has 5 nitrogen and oxygen atoms in total. The highest BCUT2D eigenvalue weighted by atomic mass is 16.5. The molecule has 0 fully saturated rings. The Labute approximate surface area is 226 Å². The first-order valence-electron chi connectivity index (χ1n) is 14.4. The summed E-state index contributed by atoms with van der Waals surface area (Å²) in [6, 6.07) is 0. The molecule has 0 aliphatic carbocycles. The fraction of sp³-hybridized carbons (Fsp3) is 0.750. The van der Waals surface area contributed by atoms with Crippen LogP contribution in [-0.4, -0.2) is 31.6 Å². The summed E-state index contributed by atoms with van der Waals surface area (Å²) in [5.41, 5.74) is 2.06. The molecule has 210 valence electrons. The summed E-state index contributed by atoms with van der Waals surface area (Å²) < 4.78 is 17.3. The Morgan fingerprint density at radius 2 is 1.41 bits per heavy atom. The Balaban J connectivity index is 2.06. The molecule has 2 rings (SSSR count). The molecule has 5 heteroatoms. The van der Waals surface area contributed by atoms with E-state index < -0.39 is 17.5 Å². The molecule has 1 aromatic rings. The third kappa shape index (κ3) is 7.51. The van der Waals surface area contributed by atoms with E-state index in [-0.39, 0.29) is 5.78 Å². The summed E-state index contributed by atoms with van der Waals surface area (Å²) >= 11 is 0. The molecule has 0 saturated heterocycles. The number of carbonyl (C=O) groups is 2. The first kappa shape index (κ1) is 31.2. The maximum atomic E-state index is 13.8. The number of benzene rings is 1. The minimum Gasteiger partial charge on any atom is -0.496 e. The quantitative estimate of drug-likeness (QED) is 0.184. The van der Waals surface area contributed by atoms with Gasteiger partial charge < -0.3 is 14.2 Å². The number of carbonyl (C=O) groups excluding carboxylic acids is 2. The number of Topliss-reactive ketones (excluding diaryl/α,β-unsaturated/α-hetero) is 1. The average molecular weight is 517 g/mol. The molecule has 0 spiro atoms. The van der Waals surface area contributed by atoms with Crippen LogP contribution in [-0.2, 0) is 9.53 Å². The second-order valence-electron chi connectivity index (χ2n) is 12.2. The molecule has 4 atom stereocenters. The second-order valence-corrected chi connectivity index (χ2v) is 12.2. The standard InChI is InChI=1S/C32H52O5/c1-20(2)14-11-15-21(3)16-12-17-22(4)18-13-19-32(8)27(31(34)36-10)28(33)26-25(7)29(35-9)23(5)24(6)30(26)37-32/h20-22,27H,11-19H2,1-10H3. The van der Waals surface area contributed by atoms with Crippen LogP contribution in [0.4, 0.5) is 0 Å². The van der Waals surface area contributed by atoms with Gasteiger partial charge in [-0.25, -0.2) is 0 Å². The third-order valence-electron chi connectivity index (χ3n) is 8.52. The zero-order chi connectivity index (χ0) is 27.9. The Kier molecular flexibility index (Phi) is 11.5. The molecule has 0 amide bonds. The highest BCUT2D eigenvalue weighted by molar-refractivity contribution is 6.13. The molecule has 1 aliphatic heterocycles. The molecule has 0 saturated carbocycles. The van der Waals surface area contributed by atoms with Gasteiger partial charge in [0.05, 0.1) is 19.8 Å². The van der Waals surface area contributed by atoms with Crippen molar-refractivity contribution in [2.24, 2.45) is 23.7 Å². The molecule has 1 aliphatic rings. The van der Waals surface area contributed by atoms with E-state index in [1.807, 2.05) is 27.7 Å². The second kappa shape index (κ2) is 13.7. The minimum absolute atomic E-state index is 0.228. The maximum absolute atomic E-state index is 13.8. The van der Waals surface area contributed by atoms with Gasteiger partial charge in [-0.1, -0.05) is 72.6 Å². The van der Waals surface area contributed by atoms with Crippen molar-refractivity contribution >= 4 is 11.8 Å². The Morgan fingerprint density at radius 3 is 1.92 bits per heavy atom. The lowest BCUT2D eigenvalue weighted by atomic mass is 9.75. The lowest BCUT2D eigenvalue weighted by Crippen LogP contribution is -2.52. The normalized spacial score (nSPS) is 20.8. The first-order valence-corrected chi connectivity index (χ1v) is 14.4. The number of hydrogen-bond acceptors (Lipinski definition) is 5. The van der Waals surface area contributed by atoms with E-state index in [2.05, 4.69) is 27.7 Å². The van der Waals surface area contributed by atoms with Crippen LogP contribution in [0.1, 0.15) is 119 Å². The molecule has 0 N–H and O–H groups in total. The smallest absolute Gasteiger partial charge is 0.320 e. The minimum atomic E-state index is -0.988. The number of ketones is 1. The van der Waals surface area contributed by atoms with Crippen molar-refractivity contribution in [1.82, 2.24) is 0 Å². The van der Waals surface area contributed by atoms with E-state index in [4.69, 9.17) is 14.2 Å². The van der Waals surface area contributed by atoms with Gasteiger partial charge in [0.1, 0.15) is 17.1 Å². The number of esters is 1. The number of methoxy groups -OCH3 is 2. The largest absolute Gasteiger partial charge is 0.496 e.